The minimum atomic E-state index is -0.873. The van der Waals surface area contributed by atoms with Gasteiger partial charge in [0, 0.05) is 6.54 Å². The number of aliphatic carboxylic acids is 1. The summed E-state index contributed by atoms with van der Waals surface area (Å²) in [5, 5.41) is 12.2. The molecular weight excluding hydrogens is 346 g/mol. The van der Waals surface area contributed by atoms with Crippen LogP contribution in [0.5, 0.6) is 11.5 Å². The van der Waals surface area contributed by atoms with Gasteiger partial charge in [0.25, 0.3) is 0 Å². The molecule has 0 bridgehead atoms. The van der Waals surface area contributed by atoms with Gasteiger partial charge in [-0.15, -0.1) is 0 Å². The smallest absolute Gasteiger partial charge is 0.307 e. The summed E-state index contributed by atoms with van der Waals surface area (Å²) in [7, 11) is 1.60. The lowest BCUT2D eigenvalue weighted by Crippen LogP contribution is -2.39. The molecular formula is C21H31NO5. The van der Waals surface area contributed by atoms with Gasteiger partial charge in [0.1, 0.15) is 0 Å². The van der Waals surface area contributed by atoms with Gasteiger partial charge in [-0.3, -0.25) is 9.59 Å². The number of unbranched alkanes of at least 4 members (excludes halogenated alkanes) is 2. The molecule has 1 aliphatic carbocycles. The molecule has 6 nitrogen and oxygen atoms in total. The zero-order chi connectivity index (χ0) is 19.6. The quantitative estimate of drug-likeness (QED) is 0.606. The molecule has 1 saturated carbocycles. The third-order valence-corrected chi connectivity index (χ3v) is 5.12. The highest BCUT2D eigenvalue weighted by Gasteiger charge is 2.35. The molecule has 1 aromatic carbocycles. The number of carboxylic acid groups (broad SMARTS) is 1. The van der Waals surface area contributed by atoms with Gasteiger partial charge >= 0.3 is 5.97 Å². The molecule has 27 heavy (non-hydrogen) atoms. The minimum absolute atomic E-state index is 0.177. The van der Waals surface area contributed by atoms with Gasteiger partial charge in [-0.05, 0) is 37.0 Å². The number of benzene rings is 1. The first-order valence-corrected chi connectivity index (χ1v) is 9.87. The van der Waals surface area contributed by atoms with Gasteiger partial charge in [-0.1, -0.05) is 38.7 Å². The van der Waals surface area contributed by atoms with E-state index in [2.05, 4.69) is 12.2 Å². The highest BCUT2D eigenvalue weighted by atomic mass is 16.5. The average molecular weight is 377 g/mol. The minimum Gasteiger partial charge on any atom is -0.493 e. The Morgan fingerprint density at radius 2 is 1.89 bits per heavy atom. The Morgan fingerprint density at radius 3 is 2.56 bits per heavy atom. The largest absolute Gasteiger partial charge is 0.493 e. The number of rotatable bonds is 10. The van der Waals surface area contributed by atoms with Gasteiger partial charge < -0.3 is 19.9 Å². The maximum absolute atomic E-state index is 12.5. The number of ether oxygens (including phenoxy) is 2. The molecule has 150 valence electrons. The monoisotopic (exact) mass is 377 g/mol. The molecule has 2 N–H and O–H groups in total. The van der Waals surface area contributed by atoms with Crippen molar-refractivity contribution in [2.24, 2.45) is 11.8 Å². The van der Waals surface area contributed by atoms with Crippen molar-refractivity contribution in [3.63, 3.8) is 0 Å². The summed E-state index contributed by atoms with van der Waals surface area (Å²) < 4.78 is 11.2. The fraction of sp³-hybridized carbons (Fsp3) is 0.619. The van der Waals surface area contributed by atoms with E-state index in [0.717, 1.165) is 37.7 Å². The van der Waals surface area contributed by atoms with E-state index in [9.17, 15) is 14.7 Å². The average Bonchev–Trinajstić information content (AvgIpc) is 2.69. The summed E-state index contributed by atoms with van der Waals surface area (Å²) >= 11 is 0. The van der Waals surface area contributed by atoms with E-state index < -0.39 is 17.8 Å². The van der Waals surface area contributed by atoms with Crippen LogP contribution in [0.25, 0.3) is 0 Å². The first-order chi connectivity index (χ1) is 13.1. The zero-order valence-electron chi connectivity index (χ0n) is 16.3. The number of nitrogens with one attached hydrogen (secondary N) is 1. The molecule has 2 rings (SSSR count). The van der Waals surface area contributed by atoms with Crippen LogP contribution in [0.3, 0.4) is 0 Å². The number of methoxy groups -OCH3 is 1. The van der Waals surface area contributed by atoms with Crippen molar-refractivity contribution < 1.29 is 24.2 Å². The highest BCUT2D eigenvalue weighted by molar-refractivity contribution is 5.84. The fourth-order valence-electron chi connectivity index (χ4n) is 3.54. The lowest BCUT2D eigenvalue weighted by molar-refractivity contribution is -0.148. The van der Waals surface area contributed by atoms with Crippen LogP contribution in [0, 0.1) is 11.8 Å². The van der Waals surface area contributed by atoms with Crippen LogP contribution < -0.4 is 14.8 Å². The summed E-state index contributed by atoms with van der Waals surface area (Å²) in [4.78, 5) is 23.9. The molecule has 0 saturated heterocycles. The SMILES string of the molecule is CCCCCOc1cc(CNC(=O)C2CCCCC2C(=O)O)ccc1OC. The summed E-state index contributed by atoms with van der Waals surface area (Å²) in [6.07, 6.45) is 6.22. The first-order valence-electron chi connectivity index (χ1n) is 9.87. The number of hydrogen-bond acceptors (Lipinski definition) is 4. The number of carboxylic acids is 1. The Hall–Kier alpha value is -2.24. The molecule has 0 aromatic heterocycles. The molecule has 6 heteroatoms. The van der Waals surface area contributed by atoms with Crippen molar-refractivity contribution >= 4 is 11.9 Å². The number of carbonyl (C=O) groups is 2. The van der Waals surface area contributed by atoms with E-state index in [-0.39, 0.29) is 5.91 Å². The Balaban J connectivity index is 1.95. The van der Waals surface area contributed by atoms with Gasteiger partial charge in [0.15, 0.2) is 11.5 Å². The Labute approximate surface area is 161 Å². The van der Waals surface area contributed by atoms with Crippen molar-refractivity contribution in [1.82, 2.24) is 5.32 Å². The third kappa shape index (κ3) is 6.15. The van der Waals surface area contributed by atoms with E-state index in [0.29, 0.717) is 37.5 Å². The number of amides is 1. The summed E-state index contributed by atoms with van der Waals surface area (Å²) in [5.74, 6) is -0.738. The molecule has 1 aliphatic rings. The van der Waals surface area contributed by atoms with Crippen LogP contribution in [-0.2, 0) is 16.1 Å². The third-order valence-electron chi connectivity index (χ3n) is 5.12. The summed E-state index contributed by atoms with van der Waals surface area (Å²) in [6, 6.07) is 5.59. The zero-order valence-corrected chi connectivity index (χ0v) is 16.3. The van der Waals surface area contributed by atoms with Crippen molar-refractivity contribution in [3.05, 3.63) is 23.8 Å². The Bertz CT molecular complexity index is 631. The lowest BCUT2D eigenvalue weighted by Gasteiger charge is -2.27. The van der Waals surface area contributed by atoms with E-state index in [1.54, 1.807) is 7.11 Å². The fourth-order valence-corrected chi connectivity index (χ4v) is 3.54. The van der Waals surface area contributed by atoms with Crippen LogP contribution in [0.4, 0.5) is 0 Å². The highest BCUT2D eigenvalue weighted by Crippen LogP contribution is 2.31. The standard InChI is InChI=1S/C21H31NO5/c1-3-4-7-12-27-19-13-15(10-11-18(19)26-2)14-22-20(23)16-8-5-6-9-17(16)21(24)25/h10-11,13,16-17H,3-9,12,14H2,1-2H3,(H,22,23)(H,24,25). The molecule has 0 aliphatic heterocycles. The topological polar surface area (TPSA) is 84.9 Å². The predicted molar refractivity (Wildman–Crippen MR) is 103 cm³/mol. The molecule has 1 aromatic rings. The van der Waals surface area contributed by atoms with Crippen molar-refractivity contribution in [3.8, 4) is 11.5 Å². The Kier molecular flexibility index (Phi) is 8.43. The molecule has 0 spiro atoms. The van der Waals surface area contributed by atoms with Crippen molar-refractivity contribution in [2.45, 2.75) is 58.4 Å². The second-order valence-electron chi connectivity index (χ2n) is 7.09. The Morgan fingerprint density at radius 1 is 1.15 bits per heavy atom. The van der Waals surface area contributed by atoms with Gasteiger partial charge in [-0.2, -0.15) is 0 Å². The second kappa shape index (κ2) is 10.8. The molecule has 0 heterocycles. The molecule has 0 radical (unpaired) electrons. The molecule has 1 amide bonds. The molecule has 2 atom stereocenters. The summed E-state index contributed by atoms with van der Waals surface area (Å²) in [6.45, 7) is 3.12. The van der Waals surface area contributed by atoms with Crippen molar-refractivity contribution in [2.75, 3.05) is 13.7 Å². The second-order valence-corrected chi connectivity index (χ2v) is 7.09. The van der Waals surface area contributed by atoms with Crippen LogP contribution in [0.1, 0.15) is 57.4 Å². The predicted octanol–water partition coefficient (Wildman–Crippen LogP) is 3.77. The number of carbonyl (C=O) groups excluding carboxylic acids is 1. The van der Waals surface area contributed by atoms with E-state index in [1.807, 2.05) is 18.2 Å². The van der Waals surface area contributed by atoms with Crippen molar-refractivity contribution in [1.29, 1.82) is 0 Å². The molecule has 1 fully saturated rings. The van der Waals surface area contributed by atoms with E-state index >= 15 is 0 Å². The van der Waals surface area contributed by atoms with Gasteiger partial charge in [-0.25, -0.2) is 0 Å². The first kappa shape index (κ1) is 21.1. The van der Waals surface area contributed by atoms with Gasteiger partial charge in [0.05, 0.1) is 25.6 Å². The van der Waals surface area contributed by atoms with E-state index in [4.69, 9.17) is 9.47 Å². The summed E-state index contributed by atoms with van der Waals surface area (Å²) in [5.41, 5.74) is 0.900. The van der Waals surface area contributed by atoms with Crippen LogP contribution in [0.15, 0.2) is 18.2 Å². The molecule has 2 unspecified atom stereocenters. The van der Waals surface area contributed by atoms with Gasteiger partial charge in [0.2, 0.25) is 5.91 Å². The maximum atomic E-state index is 12.5. The lowest BCUT2D eigenvalue weighted by atomic mass is 9.78. The normalized spacial score (nSPS) is 19.3. The number of hydrogen-bond donors (Lipinski definition) is 2. The van der Waals surface area contributed by atoms with Crippen LogP contribution >= 0.6 is 0 Å². The van der Waals surface area contributed by atoms with Crippen LogP contribution in [0.2, 0.25) is 0 Å². The van der Waals surface area contributed by atoms with E-state index in [1.165, 1.54) is 0 Å². The van der Waals surface area contributed by atoms with Crippen LogP contribution in [-0.4, -0.2) is 30.7 Å². The maximum Gasteiger partial charge on any atom is 0.307 e.